The molecule has 2 nitrogen and oxygen atoms in total. The summed E-state index contributed by atoms with van der Waals surface area (Å²) in [7, 11) is 0. The van der Waals surface area contributed by atoms with Crippen molar-refractivity contribution < 1.29 is 0 Å². The molecule has 1 heterocycles. The molecule has 3 aromatic carbocycles. The van der Waals surface area contributed by atoms with E-state index in [1.807, 2.05) is 36.4 Å². The number of rotatable bonds is 3. The van der Waals surface area contributed by atoms with Crippen LogP contribution < -0.4 is 4.80 Å². The van der Waals surface area contributed by atoms with Crippen LogP contribution in [0.5, 0.6) is 0 Å². The van der Waals surface area contributed by atoms with Gasteiger partial charge in [-0.2, -0.15) is 0 Å². The van der Waals surface area contributed by atoms with Crippen molar-refractivity contribution in [2.75, 3.05) is 0 Å². The SMILES string of the molecule is Cc1ccc(-c2csc(=Nc3ccccc3)n2-c2ccccc2)cc1C. The molecule has 0 aliphatic carbocycles. The summed E-state index contributed by atoms with van der Waals surface area (Å²) in [6.45, 7) is 4.31. The molecule has 26 heavy (non-hydrogen) atoms. The molecule has 4 rings (SSSR count). The fourth-order valence-corrected chi connectivity index (χ4v) is 3.86. The van der Waals surface area contributed by atoms with E-state index in [0.717, 1.165) is 16.2 Å². The van der Waals surface area contributed by atoms with Gasteiger partial charge in [0.25, 0.3) is 0 Å². The van der Waals surface area contributed by atoms with Gasteiger partial charge in [0, 0.05) is 11.1 Å². The topological polar surface area (TPSA) is 17.3 Å². The molecule has 3 heteroatoms. The summed E-state index contributed by atoms with van der Waals surface area (Å²) >= 11 is 1.67. The number of aromatic nitrogens is 1. The minimum atomic E-state index is 0.964. The van der Waals surface area contributed by atoms with Crippen LogP contribution in [0.25, 0.3) is 16.9 Å². The summed E-state index contributed by atoms with van der Waals surface area (Å²) in [6, 6.07) is 27.2. The van der Waals surface area contributed by atoms with E-state index in [9.17, 15) is 0 Å². The minimum absolute atomic E-state index is 0.964. The Morgan fingerprint density at radius 3 is 2.15 bits per heavy atom. The monoisotopic (exact) mass is 356 g/mol. The quantitative estimate of drug-likeness (QED) is 0.425. The average Bonchev–Trinajstić information content (AvgIpc) is 3.09. The number of thiazole rings is 1. The Morgan fingerprint density at radius 1 is 0.769 bits per heavy atom. The Kier molecular flexibility index (Phi) is 4.55. The zero-order chi connectivity index (χ0) is 17.9. The molecule has 0 bridgehead atoms. The molecule has 0 N–H and O–H groups in total. The van der Waals surface area contributed by atoms with Gasteiger partial charge in [-0.25, -0.2) is 4.99 Å². The first kappa shape index (κ1) is 16.6. The number of hydrogen-bond acceptors (Lipinski definition) is 2. The second-order valence-electron chi connectivity index (χ2n) is 6.32. The molecule has 0 aliphatic heterocycles. The molecule has 0 saturated heterocycles. The highest BCUT2D eigenvalue weighted by molar-refractivity contribution is 7.07. The molecule has 4 aromatic rings. The van der Waals surface area contributed by atoms with Crippen molar-refractivity contribution in [3.63, 3.8) is 0 Å². The second-order valence-corrected chi connectivity index (χ2v) is 7.16. The molecular formula is C23H20N2S. The standard InChI is InChI=1S/C23H20N2S/c1-17-13-14-19(15-18(17)2)22-16-26-23(24-20-9-5-3-6-10-20)25(22)21-11-7-4-8-12-21/h3-16H,1-2H3. The van der Waals surface area contributed by atoms with Gasteiger partial charge in [-0.15, -0.1) is 11.3 Å². The average molecular weight is 356 g/mol. The Balaban J connectivity index is 1.96. The van der Waals surface area contributed by atoms with Crippen molar-refractivity contribution in [2.24, 2.45) is 4.99 Å². The third kappa shape index (κ3) is 3.26. The van der Waals surface area contributed by atoms with Crippen LogP contribution in [0.3, 0.4) is 0 Å². The highest BCUT2D eigenvalue weighted by Gasteiger charge is 2.10. The van der Waals surface area contributed by atoms with Crippen molar-refractivity contribution in [1.29, 1.82) is 0 Å². The summed E-state index contributed by atoms with van der Waals surface area (Å²) in [5.41, 5.74) is 7.07. The van der Waals surface area contributed by atoms with Gasteiger partial charge in [0.1, 0.15) is 0 Å². The van der Waals surface area contributed by atoms with E-state index in [0.29, 0.717) is 0 Å². The highest BCUT2D eigenvalue weighted by Crippen LogP contribution is 2.26. The first-order valence-electron chi connectivity index (χ1n) is 8.66. The van der Waals surface area contributed by atoms with Crippen molar-refractivity contribution in [1.82, 2.24) is 4.57 Å². The molecule has 0 spiro atoms. The smallest absolute Gasteiger partial charge is 0.195 e. The maximum Gasteiger partial charge on any atom is 0.195 e. The van der Waals surface area contributed by atoms with Crippen LogP contribution in [0.2, 0.25) is 0 Å². The molecule has 0 aliphatic rings. The van der Waals surface area contributed by atoms with Crippen LogP contribution in [-0.4, -0.2) is 4.57 Å². The lowest BCUT2D eigenvalue weighted by Crippen LogP contribution is -2.13. The summed E-state index contributed by atoms with van der Waals surface area (Å²) in [5, 5.41) is 2.19. The summed E-state index contributed by atoms with van der Waals surface area (Å²) in [4.78, 5) is 5.85. The highest BCUT2D eigenvalue weighted by atomic mass is 32.1. The third-order valence-electron chi connectivity index (χ3n) is 4.51. The van der Waals surface area contributed by atoms with E-state index in [1.165, 1.54) is 22.4 Å². The first-order chi connectivity index (χ1) is 12.7. The fourth-order valence-electron chi connectivity index (χ4n) is 2.93. The van der Waals surface area contributed by atoms with Crippen LogP contribution in [0.4, 0.5) is 5.69 Å². The van der Waals surface area contributed by atoms with Gasteiger partial charge in [-0.3, -0.25) is 4.57 Å². The normalized spacial score (nSPS) is 11.7. The number of aryl methyl sites for hydroxylation is 2. The van der Waals surface area contributed by atoms with Crippen LogP contribution in [0.1, 0.15) is 11.1 Å². The zero-order valence-electron chi connectivity index (χ0n) is 14.9. The van der Waals surface area contributed by atoms with E-state index in [-0.39, 0.29) is 0 Å². The molecule has 0 fully saturated rings. The Hall–Kier alpha value is -2.91. The maximum absolute atomic E-state index is 4.89. The van der Waals surface area contributed by atoms with Crippen LogP contribution in [0.15, 0.2) is 89.2 Å². The van der Waals surface area contributed by atoms with Crippen molar-refractivity contribution >= 4 is 17.0 Å². The van der Waals surface area contributed by atoms with E-state index in [4.69, 9.17) is 4.99 Å². The van der Waals surface area contributed by atoms with Gasteiger partial charge in [-0.05, 0) is 60.9 Å². The molecular weight excluding hydrogens is 336 g/mol. The molecule has 0 atom stereocenters. The minimum Gasteiger partial charge on any atom is -0.285 e. The van der Waals surface area contributed by atoms with Crippen molar-refractivity contribution in [3.05, 3.63) is 100 Å². The third-order valence-corrected chi connectivity index (χ3v) is 5.33. The summed E-state index contributed by atoms with van der Waals surface area (Å²) < 4.78 is 2.24. The number of hydrogen-bond donors (Lipinski definition) is 0. The van der Waals surface area contributed by atoms with Gasteiger partial charge < -0.3 is 0 Å². The van der Waals surface area contributed by atoms with Gasteiger partial charge in [0.2, 0.25) is 0 Å². The lowest BCUT2D eigenvalue weighted by atomic mass is 10.0. The van der Waals surface area contributed by atoms with E-state index >= 15 is 0 Å². The summed E-state index contributed by atoms with van der Waals surface area (Å²) in [6.07, 6.45) is 0. The fraction of sp³-hybridized carbons (Fsp3) is 0.0870. The van der Waals surface area contributed by atoms with Crippen LogP contribution in [0, 0.1) is 13.8 Å². The van der Waals surface area contributed by atoms with Crippen LogP contribution >= 0.6 is 11.3 Å². The van der Waals surface area contributed by atoms with Gasteiger partial charge in [0.15, 0.2) is 4.80 Å². The largest absolute Gasteiger partial charge is 0.285 e. The Morgan fingerprint density at radius 2 is 1.46 bits per heavy atom. The number of nitrogens with zero attached hydrogens (tertiary/aromatic N) is 2. The van der Waals surface area contributed by atoms with Crippen molar-refractivity contribution in [3.8, 4) is 16.9 Å². The molecule has 128 valence electrons. The first-order valence-corrected chi connectivity index (χ1v) is 9.54. The predicted molar refractivity (Wildman–Crippen MR) is 110 cm³/mol. The van der Waals surface area contributed by atoms with E-state index in [1.54, 1.807) is 11.3 Å². The Bertz CT molecular complexity index is 1090. The molecule has 0 radical (unpaired) electrons. The zero-order valence-corrected chi connectivity index (χ0v) is 15.7. The van der Waals surface area contributed by atoms with Gasteiger partial charge >= 0.3 is 0 Å². The van der Waals surface area contributed by atoms with Gasteiger partial charge in [-0.1, -0.05) is 48.5 Å². The predicted octanol–water partition coefficient (Wildman–Crippen LogP) is 6.06. The second kappa shape index (κ2) is 7.14. The number of para-hydroxylation sites is 2. The van der Waals surface area contributed by atoms with Crippen molar-refractivity contribution in [2.45, 2.75) is 13.8 Å². The molecule has 0 amide bonds. The molecule has 0 unspecified atom stereocenters. The Labute approximate surface area is 157 Å². The lowest BCUT2D eigenvalue weighted by Gasteiger charge is -2.11. The van der Waals surface area contributed by atoms with E-state index < -0.39 is 0 Å². The van der Waals surface area contributed by atoms with E-state index in [2.05, 4.69) is 66.3 Å². The lowest BCUT2D eigenvalue weighted by molar-refractivity contribution is 1.01. The maximum atomic E-state index is 4.89. The molecule has 0 saturated carbocycles. The van der Waals surface area contributed by atoms with Crippen LogP contribution in [-0.2, 0) is 0 Å². The summed E-state index contributed by atoms with van der Waals surface area (Å²) in [5.74, 6) is 0. The van der Waals surface area contributed by atoms with Gasteiger partial charge in [0.05, 0.1) is 11.4 Å². The number of benzene rings is 3. The molecule has 1 aromatic heterocycles.